The minimum atomic E-state index is -0.454. The average Bonchev–Trinajstić information content (AvgIpc) is 2.99. The first-order valence-electron chi connectivity index (χ1n) is 7.62. The summed E-state index contributed by atoms with van der Waals surface area (Å²) < 4.78 is 18.9. The second kappa shape index (κ2) is 5.62. The number of nitrogens with one attached hydrogen (secondary N) is 2. The topological polar surface area (TPSA) is 63.2 Å². The highest BCUT2D eigenvalue weighted by atomic mass is 19.1. The number of fused-ring (bicyclic) bond motifs is 1. The monoisotopic (exact) mass is 313 g/mol. The van der Waals surface area contributed by atoms with Crippen molar-refractivity contribution in [3.05, 3.63) is 54.0 Å². The number of piperidine rings is 1. The fraction of sp³-hybridized carbons (Fsp3) is 0.294. The van der Waals surface area contributed by atoms with Crippen molar-refractivity contribution in [3.8, 4) is 11.6 Å². The zero-order chi connectivity index (χ0) is 15.8. The van der Waals surface area contributed by atoms with E-state index in [1.165, 1.54) is 18.3 Å². The minimum absolute atomic E-state index is 0.107. The Bertz CT molecular complexity index is 725. The van der Waals surface area contributed by atoms with Crippen LogP contribution in [-0.2, 0) is 0 Å². The third kappa shape index (κ3) is 2.77. The summed E-state index contributed by atoms with van der Waals surface area (Å²) in [5.74, 6) is 0.903. The van der Waals surface area contributed by atoms with E-state index in [4.69, 9.17) is 4.74 Å². The van der Waals surface area contributed by atoms with Gasteiger partial charge in [0.25, 0.3) is 5.91 Å². The van der Waals surface area contributed by atoms with E-state index in [1.54, 1.807) is 24.3 Å². The number of hydrogen-bond donors (Lipinski definition) is 2. The molecule has 118 valence electrons. The van der Waals surface area contributed by atoms with Crippen LogP contribution in [0.2, 0.25) is 0 Å². The highest BCUT2D eigenvalue weighted by Crippen LogP contribution is 2.41. The van der Waals surface area contributed by atoms with Gasteiger partial charge in [-0.1, -0.05) is 12.1 Å². The van der Waals surface area contributed by atoms with Crippen LogP contribution < -0.4 is 15.4 Å². The second-order valence-corrected chi connectivity index (χ2v) is 5.90. The molecule has 1 saturated heterocycles. The minimum Gasteiger partial charge on any atom is -0.436 e. The molecular weight excluding hydrogens is 297 g/mol. The van der Waals surface area contributed by atoms with Crippen molar-refractivity contribution in [2.24, 2.45) is 11.8 Å². The highest BCUT2D eigenvalue weighted by Gasteiger charge is 2.53. The molecule has 2 heterocycles. The summed E-state index contributed by atoms with van der Waals surface area (Å²) in [5.41, 5.74) is 0.476. The fourth-order valence-corrected chi connectivity index (χ4v) is 3.08. The van der Waals surface area contributed by atoms with Crippen LogP contribution in [0.3, 0.4) is 0 Å². The number of pyridine rings is 1. The Morgan fingerprint density at radius 3 is 2.70 bits per heavy atom. The van der Waals surface area contributed by atoms with Crippen molar-refractivity contribution >= 4 is 5.91 Å². The molecule has 1 aliphatic heterocycles. The molecule has 1 unspecified atom stereocenters. The summed E-state index contributed by atoms with van der Waals surface area (Å²) in [6, 6.07) is 9.59. The fourth-order valence-electron chi connectivity index (χ4n) is 3.08. The summed E-state index contributed by atoms with van der Waals surface area (Å²) in [6.45, 7) is 1.95. The van der Waals surface area contributed by atoms with Crippen molar-refractivity contribution in [1.29, 1.82) is 0 Å². The van der Waals surface area contributed by atoms with Crippen LogP contribution in [0.4, 0.5) is 4.39 Å². The molecule has 0 bridgehead atoms. The number of nitrogens with zero attached hydrogens (tertiary/aromatic N) is 1. The van der Waals surface area contributed by atoms with Crippen LogP contribution in [0.1, 0.15) is 10.4 Å². The van der Waals surface area contributed by atoms with Gasteiger partial charge in [0.1, 0.15) is 0 Å². The molecule has 1 saturated carbocycles. The standard InChI is InChI=1S/C17H16FN3O2/c18-13-3-1-2-4-14(13)23-15-6-5-10(7-20-15)17(22)21-16-11-8-19-9-12(11)16/h1-7,11-12,16,19H,8-9H2,(H,21,22)/t11-,12+,16?. The number of carbonyl (C=O) groups is 1. The zero-order valence-corrected chi connectivity index (χ0v) is 12.3. The Balaban J connectivity index is 1.39. The predicted octanol–water partition coefficient (Wildman–Crippen LogP) is 1.96. The van der Waals surface area contributed by atoms with Gasteiger partial charge in [-0.15, -0.1) is 0 Å². The quantitative estimate of drug-likeness (QED) is 0.906. The molecular formula is C17H16FN3O2. The molecule has 0 radical (unpaired) electrons. The van der Waals surface area contributed by atoms with Gasteiger partial charge < -0.3 is 15.4 Å². The third-order valence-corrected chi connectivity index (χ3v) is 4.44. The first kappa shape index (κ1) is 14.1. The van der Waals surface area contributed by atoms with Crippen LogP contribution in [0.25, 0.3) is 0 Å². The maximum Gasteiger partial charge on any atom is 0.253 e. The zero-order valence-electron chi connectivity index (χ0n) is 12.3. The Morgan fingerprint density at radius 2 is 2.00 bits per heavy atom. The molecule has 23 heavy (non-hydrogen) atoms. The van der Waals surface area contributed by atoms with Crippen LogP contribution in [0.5, 0.6) is 11.6 Å². The Labute approximate surface area is 132 Å². The SMILES string of the molecule is O=C(NC1[C@H]2CNC[C@@H]12)c1ccc(Oc2ccccc2F)nc1. The molecule has 2 aliphatic rings. The summed E-state index contributed by atoms with van der Waals surface area (Å²) >= 11 is 0. The van der Waals surface area contributed by atoms with Gasteiger partial charge >= 0.3 is 0 Å². The number of aromatic nitrogens is 1. The van der Waals surface area contributed by atoms with Gasteiger partial charge in [0.15, 0.2) is 11.6 Å². The highest BCUT2D eigenvalue weighted by molar-refractivity contribution is 5.94. The molecule has 1 aromatic carbocycles. The van der Waals surface area contributed by atoms with E-state index in [9.17, 15) is 9.18 Å². The van der Waals surface area contributed by atoms with E-state index in [0.29, 0.717) is 17.4 Å². The Hall–Kier alpha value is -2.47. The van der Waals surface area contributed by atoms with Crippen molar-refractivity contribution in [1.82, 2.24) is 15.6 Å². The Kier molecular flexibility index (Phi) is 3.46. The molecule has 3 atom stereocenters. The first-order valence-corrected chi connectivity index (χ1v) is 7.62. The molecule has 4 rings (SSSR count). The average molecular weight is 313 g/mol. The van der Waals surface area contributed by atoms with E-state index in [2.05, 4.69) is 15.6 Å². The van der Waals surface area contributed by atoms with Gasteiger partial charge in [-0.25, -0.2) is 9.37 Å². The molecule has 6 heteroatoms. The maximum atomic E-state index is 13.5. The number of para-hydroxylation sites is 1. The lowest BCUT2D eigenvalue weighted by Crippen LogP contribution is -2.32. The number of rotatable bonds is 4. The molecule has 2 N–H and O–H groups in total. The van der Waals surface area contributed by atoms with Gasteiger partial charge in [-0.3, -0.25) is 4.79 Å². The van der Waals surface area contributed by atoms with E-state index in [-0.39, 0.29) is 23.6 Å². The van der Waals surface area contributed by atoms with Crippen molar-refractivity contribution in [3.63, 3.8) is 0 Å². The number of hydrogen-bond acceptors (Lipinski definition) is 4. The summed E-state index contributed by atoms with van der Waals surface area (Å²) in [6.07, 6.45) is 1.45. The van der Waals surface area contributed by atoms with E-state index in [1.807, 2.05) is 0 Å². The normalized spacial score (nSPS) is 24.8. The lowest BCUT2D eigenvalue weighted by atomic mass is 10.2. The first-order chi connectivity index (χ1) is 11.2. The van der Waals surface area contributed by atoms with Crippen LogP contribution in [-0.4, -0.2) is 30.0 Å². The smallest absolute Gasteiger partial charge is 0.253 e. The molecule has 1 aromatic heterocycles. The Morgan fingerprint density at radius 1 is 1.22 bits per heavy atom. The number of halogens is 1. The van der Waals surface area contributed by atoms with Crippen LogP contribution >= 0.6 is 0 Å². The molecule has 2 aromatic rings. The largest absolute Gasteiger partial charge is 0.436 e. The molecule has 2 fully saturated rings. The molecule has 0 spiro atoms. The van der Waals surface area contributed by atoms with E-state index in [0.717, 1.165) is 13.1 Å². The molecule has 5 nitrogen and oxygen atoms in total. The van der Waals surface area contributed by atoms with Gasteiger partial charge in [0.2, 0.25) is 5.88 Å². The van der Waals surface area contributed by atoms with E-state index >= 15 is 0 Å². The number of amides is 1. The lowest BCUT2D eigenvalue weighted by molar-refractivity contribution is 0.0946. The van der Waals surface area contributed by atoms with Crippen LogP contribution in [0.15, 0.2) is 42.6 Å². The van der Waals surface area contributed by atoms with Crippen molar-refractivity contribution < 1.29 is 13.9 Å². The molecule has 1 aliphatic carbocycles. The number of ether oxygens (including phenoxy) is 1. The van der Waals surface area contributed by atoms with Crippen LogP contribution in [0, 0.1) is 17.7 Å². The third-order valence-electron chi connectivity index (χ3n) is 4.44. The van der Waals surface area contributed by atoms with Crippen molar-refractivity contribution in [2.45, 2.75) is 6.04 Å². The van der Waals surface area contributed by atoms with Crippen molar-refractivity contribution in [2.75, 3.05) is 13.1 Å². The number of benzene rings is 1. The van der Waals surface area contributed by atoms with Gasteiger partial charge in [-0.05, 0) is 30.0 Å². The lowest BCUT2D eigenvalue weighted by Gasteiger charge is -2.09. The predicted molar refractivity (Wildman–Crippen MR) is 81.8 cm³/mol. The maximum absolute atomic E-state index is 13.5. The summed E-state index contributed by atoms with van der Waals surface area (Å²) in [5, 5.41) is 6.32. The van der Waals surface area contributed by atoms with E-state index < -0.39 is 5.82 Å². The van der Waals surface area contributed by atoms with Gasteiger partial charge in [0, 0.05) is 31.4 Å². The second-order valence-electron chi connectivity index (χ2n) is 5.90. The molecule has 1 amide bonds. The van der Waals surface area contributed by atoms with Gasteiger partial charge in [-0.2, -0.15) is 0 Å². The van der Waals surface area contributed by atoms with Gasteiger partial charge in [0.05, 0.1) is 5.56 Å². The summed E-state index contributed by atoms with van der Waals surface area (Å²) in [7, 11) is 0. The summed E-state index contributed by atoms with van der Waals surface area (Å²) in [4.78, 5) is 16.3. The number of carbonyl (C=O) groups excluding carboxylic acids is 1.